The van der Waals surface area contributed by atoms with Crippen LogP contribution in [0.2, 0.25) is 0 Å². The lowest BCUT2D eigenvalue weighted by Gasteiger charge is -2.02. The quantitative estimate of drug-likeness (QED) is 0.592. The summed E-state index contributed by atoms with van der Waals surface area (Å²) < 4.78 is 13.1. The molecule has 0 aliphatic heterocycles. The van der Waals surface area contributed by atoms with Crippen LogP contribution in [0.15, 0.2) is 12.1 Å². The predicted octanol–water partition coefficient (Wildman–Crippen LogP) is 1.13. The zero-order valence-electron chi connectivity index (χ0n) is 7.51. The van der Waals surface area contributed by atoms with Crippen molar-refractivity contribution in [2.75, 3.05) is 0 Å². The minimum absolute atomic E-state index is 0.357. The number of hydrogen-bond donors (Lipinski definition) is 2. The monoisotopic (exact) mass is 229 g/mol. The summed E-state index contributed by atoms with van der Waals surface area (Å²) in [5.41, 5.74) is -2.88. The number of nitro groups is 1. The maximum Gasteiger partial charge on any atom is 0.339 e. The number of carboxylic acid groups (broad SMARTS) is 2. The standard InChI is InChI=1S/C8H4FNO6/c9-5-2-3(10(15)16)1-4(7(11)12)6(5)8(13)14/h1-2H,(H,11,12)(H,13,14). The number of nitro benzene ring substituents is 1. The van der Waals surface area contributed by atoms with Crippen LogP contribution in [0.1, 0.15) is 20.7 Å². The summed E-state index contributed by atoms with van der Waals surface area (Å²) in [4.78, 5) is 30.5. The van der Waals surface area contributed by atoms with Crippen LogP contribution in [0.5, 0.6) is 0 Å². The number of benzene rings is 1. The molecule has 2 N–H and O–H groups in total. The molecule has 0 aliphatic rings. The van der Waals surface area contributed by atoms with E-state index in [4.69, 9.17) is 10.2 Å². The highest BCUT2D eigenvalue weighted by Crippen LogP contribution is 2.21. The normalized spacial score (nSPS) is 9.81. The molecule has 7 nitrogen and oxygen atoms in total. The Kier molecular flexibility index (Phi) is 2.84. The van der Waals surface area contributed by atoms with Gasteiger partial charge in [0.2, 0.25) is 0 Å². The lowest BCUT2D eigenvalue weighted by atomic mass is 10.1. The van der Waals surface area contributed by atoms with Gasteiger partial charge in [-0.05, 0) is 0 Å². The lowest BCUT2D eigenvalue weighted by molar-refractivity contribution is -0.385. The van der Waals surface area contributed by atoms with E-state index in [2.05, 4.69) is 0 Å². The summed E-state index contributed by atoms with van der Waals surface area (Å²) in [6, 6.07) is 0.852. The number of hydrogen-bond acceptors (Lipinski definition) is 4. The minimum atomic E-state index is -1.80. The zero-order chi connectivity index (χ0) is 12.5. The molecule has 0 atom stereocenters. The van der Waals surface area contributed by atoms with Gasteiger partial charge in [0.05, 0.1) is 16.6 Å². The summed E-state index contributed by atoms with van der Waals surface area (Å²) in [5.74, 6) is -5.01. The average Bonchev–Trinajstić information content (AvgIpc) is 2.15. The third-order valence-corrected chi connectivity index (χ3v) is 1.73. The van der Waals surface area contributed by atoms with Gasteiger partial charge < -0.3 is 10.2 Å². The second-order valence-electron chi connectivity index (χ2n) is 2.72. The molecule has 8 heteroatoms. The maximum absolute atomic E-state index is 13.1. The van der Waals surface area contributed by atoms with Crippen molar-refractivity contribution >= 4 is 17.6 Å². The van der Waals surface area contributed by atoms with Crippen LogP contribution >= 0.6 is 0 Å². The molecule has 0 aromatic heterocycles. The summed E-state index contributed by atoms with van der Waals surface area (Å²) in [5, 5.41) is 27.5. The van der Waals surface area contributed by atoms with Crippen molar-refractivity contribution in [3.8, 4) is 0 Å². The van der Waals surface area contributed by atoms with Gasteiger partial charge >= 0.3 is 11.9 Å². The first kappa shape index (κ1) is 11.6. The molecule has 0 saturated carbocycles. The Morgan fingerprint density at radius 1 is 1.25 bits per heavy atom. The van der Waals surface area contributed by atoms with E-state index < -0.39 is 39.5 Å². The molecule has 1 rings (SSSR count). The summed E-state index contributed by atoms with van der Waals surface area (Å²) in [6.45, 7) is 0. The topological polar surface area (TPSA) is 118 Å². The number of carboxylic acids is 2. The van der Waals surface area contributed by atoms with Gasteiger partial charge in [-0.3, -0.25) is 10.1 Å². The molecule has 1 aromatic rings. The first-order valence-corrected chi connectivity index (χ1v) is 3.79. The largest absolute Gasteiger partial charge is 0.478 e. The third-order valence-electron chi connectivity index (χ3n) is 1.73. The predicted molar refractivity (Wildman–Crippen MR) is 47.0 cm³/mol. The van der Waals surface area contributed by atoms with Crippen molar-refractivity contribution in [2.45, 2.75) is 0 Å². The van der Waals surface area contributed by atoms with Crippen molar-refractivity contribution in [1.82, 2.24) is 0 Å². The Balaban J connectivity index is 3.58. The molecule has 0 bridgehead atoms. The number of non-ortho nitro benzene ring substituents is 1. The molecule has 84 valence electrons. The first-order chi connectivity index (χ1) is 7.34. The number of rotatable bonds is 3. The van der Waals surface area contributed by atoms with Crippen LogP contribution in [-0.2, 0) is 0 Å². The lowest BCUT2D eigenvalue weighted by Crippen LogP contribution is -2.11. The Morgan fingerprint density at radius 3 is 2.19 bits per heavy atom. The molecule has 0 spiro atoms. The molecule has 0 aliphatic carbocycles. The van der Waals surface area contributed by atoms with Gasteiger partial charge in [0.1, 0.15) is 11.4 Å². The number of nitrogens with zero attached hydrogens (tertiary/aromatic N) is 1. The van der Waals surface area contributed by atoms with Crippen molar-refractivity contribution in [3.63, 3.8) is 0 Å². The van der Waals surface area contributed by atoms with Crippen LogP contribution in [0, 0.1) is 15.9 Å². The van der Waals surface area contributed by atoms with Gasteiger partial charge in [0.15, 0.2) is 0 Å². The van der Waals surface area contributed by atoms with Gasteiger partial charge in [-0.25, -0.2) is 14.0 Å². The Bertz CT molecular complexity index is 498. The number of carbonyl (C=O) groups is 2. The molecule has 1 aromatic carbocycles. The summed E-state index contributed by atoms with van der Waals surface area (Å²) in [6.07, 6.45) is 0. The Morgan fingerprint density at radius 2 is 1.81 bits per heavy atom. The molecule has 0 heterocycles. The highest BCUT2D eigenvalue weighted by atomic mass is 19.1. The van der Waals surface area contributed by atoms with Crippen molar-refractivity contribution in [2.24, 2.45) is 0 Å². The molecule has 0 fully saturated rings. The average molecular weight is 229 g/mol. The maximum atomic E-state index is 13.1. The van der Waals surface area contributed by atoms with Crippen LogP contribution in [0.4, 0.5) is 10.1 Å². The third kappa shape index (κ3) is 1.95. The fraction of sp³-hybridized carbons (Fsp3) is 0. The highest BCUT2D eigenvalue weighted by molar-refractivity contribution is 6.02. The van der Waals surface area contributed by atoms with E-state index in [9.17, 15) is 24.1 Å². The van der Waals surface area contributed by atoms with Gasteiger partial charge in [0, 0.05) is 6.07 Å². The molecule has 0 unspecified atom stereocenters. The second-order valence-corrected chi connectivity index (χ2v) is 2.72. The van der Waals surface area contributed by atoms with Crippen LogP contribution in [0.25, 0.3) is 0 Å². The van der Waals surface area contributed by atoms with E-state index in [1.165, 1.54) is 0 Å². The number of aromatic carboxylic acids is 2. The smallest absolute Gasteiger partial charge is 0.339 e. The highest BCUT2D eigenvalue weighted by Gasteiger charge is 2.25. The Hall–Kier alpha value is -2.51. The summed E-state index contributed by atoms with van der Waals surface area (Å²) in [7, 11) is 0. The van der Waals surface area contributed by atoms with Gasteiger partial charge in [0.25, 0.3) is 5.69 Å². The van der Waals surface area contributed by atoms with E-state index in [0.717, 1.165) is 0 Å². The van der Waals surface area contributed by atoms with E-state index in [1.807, 2.05) is 0 Å². The molecular weight excluding hydrogens is 225 g/mol. The summed E-state index contributed by atoms with van der Waals surface area (Å²) >= 11 is 0. The van der Waals surface area contributed by atoms with E-state index in [-0.39, 0.29) is 0 Å². The van der Waals surface area contributed by atoms with E-state index in [1.54, 1.807) is 0 Å². The first-order valence-electron chi connectivity index (χ1n) is 3.79. The van der Waals surface area contributed by atoms with Crippen molar-refractivity contribution < 1.29 is 29.1 Å². The SMILES string of the molecule is O=C(O)c1cc([N+](=O)[O-])cc(F)c1C(=O)O. The van der Waals surface area contributed by atoms with Gasteiger partial charge in [-0.15, -0.1) is 0 Å². The molecule has 0 saturated heterocycles. The van der Waals surface area contributed by atoms with Crippen molar-refractivity contribution in [3.05, 3.63) is 39.2 Å². The minimum Gasteiger partial charge on any atom is -0.478 e. The van der Waals surface area contributed by atoms with Crippen LogP contribution in [0.3, 0.4) is 0 Å². The zero-order valence-corrected chi connectivity index (χ0v) is 7.51. The van der Waals surface area contributed by atoms with Gasteiger partial charge in [-0.1, -0.05) is 0 Å². The van der Waals surface area contributed by atoms with Crippen LogP contribution in [-0.4, -0.2) is 27.1 Å². The Labute approximate surface area is 86.9 Å². The molecule has 0 amide bonds. The van der Waals surface area contributed by atoms with Gasteiger partial charge in [-0.2, -0.15) is 0 Å². The van der Waals surface area contributed by atoms with E-state index in [0.29, 0.717) is 12.1 Å². The number of halogens is 1. The fourth-order valence-corrected chi connectivity index (χ4v) is 1.08. The van der Waals surface area contributed by atoms with E-state index >= 15 is 0 Å². The second kappa shape index (κ2) is 3.93. The molecular formula is C8H4FNO6. The molecule has 16 heavy (non-hydrogen) atoms. The van der Waals surface area contributed by atoms with Crippen molar-refractivity contribution in [1.29, 1.82) is 0 Å². The fourth-order valence-electron chi connectivity index (χ4n) is 1.08. The van der Waals surface area contributed by atoms with Crippen LogP contribution < -0.4 is 0 Å². The molecule has 0 radical (unpaired) electrons.